The molecule has 0 unspecified atom stereocenters. The summed E-state index contributed by atoms with van der Waals surface area (Å²) in [6.45, 7) is 3.83. The summed E-state index contributed by atoms with van der Waals surface area (Å²) in [6.07, 6.45) is 0. The second kappa shape index (κ2) is 7.18. The van der Waals surface area contributed by atoms with Gasteiger partial charge in [0.2, 0.25) is 9.84 Å². The van der Waals surface area contributed by atoms with Crippen molar-refractivity contribution in [3.05, 3.63) is 47.0 Å². The summed E-state index contributed by atoms with van der Waals surface area (Å²) < 4.78 is 41.2. The average molecular weight is 400 g/mol. The first-order chi connectivity index (χ1) is 11.8. The SMILES string of the molecule is CNc1nn2c(C)c(CN)c(C)nc2c1S(=O)(=O)c1cccc(F)c1.Cl. The third kappa shape index (κ3) is 3.02. The van der Waals surface area contributed by atoms with E-state index in [4.69, 9.17) is 5.73 Å². The van der Waals surface area contributed by atoms with Crippen molar-refractivity contribution >= 4 is 33.7 Å². The molecule has 0 fully saturated rings. The molecule has 3 aromatic rings. The summed E-state index contributed by atoms with van der Waals surface area (Å²) in [5.74, 6) is -0.484. The van der Waals surface area contributed by atoms with E-state index >= 15 is 0 Å². The van der Waals surface area contributed by atoms with E-state index in [1.54, 1.807) is 20.9 Å². The molecule has 0 aliphatic rings. The summed E-state index contributed by atoms with van der Waals surface area (Å²) in [5, 5.41) is 7.09. The third-order valence-electron chi connectivity index (χ3n) is 4.10. The molecule has 2 heterocycles. The maximum atomic E-state index is 13.5. The molecule has 0 bridgehead atoms. The second-order valence-electron chi connectivity index (χ2n) is 5.59. The molecule has 10 heteroatoms. The van der Waals surface area contributed by atoms with Crippen LogP contribution in [0.1, 0.15) is 17.0 Å². The first kappa shape index (κ1) is 20.1. The minimum absolute atomic E-state index is 0. The lowest BCUT2D eigenvalue weighted by atomic mass is 10.2. The number of nitrogens with one attached hydrogen (secondary N) is 1. The molecule has 26 heavy (non-hydrogen) atoms. The highest BCUT2D eigenvalue weighted by atomic mass is 35.5. The van der Waals surface area contributed by atoms with E-state index in [2.05, 4.69) is 15.4 Å². The standard InChI is InChI=1S/C16H18FN5O2S.ClH/c1-9-13(8-18)10(2)22-16(20-9)14(15(19-3)21-22)25(23,24)12-6-4-5-11(17)7-12;/h4-7H,8,18H2,1-3H3,(H,19,21);1H. The maximum absolute atomic E-state index is 13.5. The van der Waals surface area contributed by atoms with Crippen LogP contribution in [0.2, 0.25) is 0 Å². The van der Waals surface area contributed by atoms with Crippen molar-refractivity contribution in [2.75, 3.05) is 12.4 Å². The summed E-state index contributed by atoms with van der Waals surface area (Å²) >= 11 is 0. The van der Waals surface area contributed by atoms with Gasteiger partial charge in [0.05, 0.1) is 4.90 Å². The molecule has 140 valence electrons. The van der Waals surface area contributed by atoms with Gasteiger partial charge in [-0.2, -0.15) is 0 Å². The number of hydrogen-bond donors (Lipinski definition) is 2. The zero-order chi connectivity index (χ0) is 18.4. The first-order valence-electron chi connectivity index (χ1n) is 7.58. The Labute approximate surface area is 156 Å². The highest BCUT2D eigenvalue weighted by molar-refractivity contribution is 7.91. The number of anilines is 1. The molecule has 0 atom stereocenters. The van der Waals surface area contributed by atoms with Crippen molar-refractivity contribution < 1.29 is 12.8 Å². The molecule has 3 rings (SSSR count). The maximum Gasteiger partial charge on any atom is 0.214 e. The highest BCUT2D eigenvalue weighted by Crippen LogP contribution is 2.32. The fraction of sp³-hybridized carbons (Fsp3) is 0.250. The number of nitrogens with two attached hydrogens (primary N) is 1. The van der Waals surface area contributed by atoms with Gasteiger partial charge in [-0.1, -0.05) is 6.07 Å². The third-order valence-corrected chi connectivity index (χ3v) is 5.89. The summed E-state index contributed by atoms with van der Waals surface area (Å²) in [6, 6.07) is 4.86. The lowest BCUT2D eigenvalue weighted by Gasteiger charge is -2.09. The largest absolute Gasteiger partial charge is 0.370 e. The van der Waals surface area contributed by atoms with Crippen molar-refractivity contribution in [3.8, 4) is 0 Å². The van der Waals surface area contributed by atoms with E-state index < -0.39 is 15.7 Å². The fourth-order valence-electron chi connectivity index (χ4n) is 2.80. The Hall–Kier alpha value is -2.23. The van der Waals surface area contributed by atoms with Gasteiger partial charge in [0.15, 0.2) is 16.4 Å². The van der Waals surface area contributed by atoms with Crippen LogP contribution in [0.15, 0.2) is 34.1 Å². The Morgan fingerprint density at radius 3 is 2.58 bits per heavy atom. The van der Waals surface area contributed by atoms with Crippen LogP contribution < -0.4 is 11.1 Å². The normalized spacial score (nSPS) is 11.4. The molecular weight excluding hydrogens is 381 g/mol. The number of aryl methyl sites for hydroxylation is 2. The number of sulfone groups is 1. The second-order valence-corrected chi connectivity index (χ2v) is 7.48. The number of hydrogen-bond acceptors (Lipinski definition) is 6. The van der Waals surface area contributed by atoms with Crippen molar-refractivity contribution in [1.82, 2.24) is 14.6 Å². The molecule has 0 aliphatic heterocycles. The number of benzene rings is 1. The molecule has 0 saturated heterocycles. The van der Waals surface area contributed by atoms with E-state index in [-0.39, 0.29) is 40.2 Å². The van der Waals surface area contributed by atoms with Crippen LogP contribution in [0.25, 0.3) is 5.65 Å². The lowest BCUT2D eigenvalue weighted by molar-refractivity contribution is 0.591. The number of rotatable bonds is 4. The van der Waals surface area contributed by atoms with Crippen LogP contribution in [0.5, 0.6) is 0 Å². The number of nitrogens with zero attached hydrogens (tertiary/aromatic N) is 3. The van der Waals surface area contributed by atoms with Crippen molar-refractivity contribution in [1.29, 1.82) is 0 Å². The molecule has 2 aromatic heterocycles. The summed E-state index contributed by atoms with van der Waals surface area (Å²) in [4.78, 5) is 4.16. The Bertz CT molecular complexity index is 1080. The van der Waals surface area contributed by atoms with Crippen LogP contribution in [-0.2, 0) is 16.4 Å². The van der Waals surface area contributed by atoms with E-state index in [0.29, 0.717) is 11.4 Å². The van der Waals surface area contributed by atoms with E-state index in [9.17, 15) is 12.8 Å². The molecule has 1 aromatic carbocycles. The Balaban J connectivity index is 0.00000243. The minimum Gasteiger partial charge on any atom is -0.370 e. The van der Waals surface area contributed by atoms with Crippen LogP contribution in [0, 0.1) is 19.7 Å². The highest BCUT2D eigenvalue weighted by Gasteiger charge is 2.30. The zero-order valence-electron chi connectivity index (χ0n) is 14.4. The van der Waals surface area contributed by atoms with Crippen LogP contribution in [0.4, 0.5) is 10.2 Å². The van der Waals surface area contributed by atoms with Gasteiger partial charge in [0, 0.05) is 30.5 Å². The van der Waals surface area contributed by atoms with Gasteiger partial charge in [0.25, 0.3) is 0 Å². The molecule has 0 spiro atoms. The van der Waals surface area contributed by atoms with Gasteiger partial charge in [0.1, 0.15) is 5.82 Å². The van der Waals surface area contributed by atoms with Gasteiger partial charge in [-0.15, -0.1) is 17.5 Å². The van der Waals surface area contributed by atoms with Crippen LogP contribution in [0.3, 0.4) is 0 Å². The van der Waals surface area contributed by atoms with Crippen molar-refractivity contribution in [2.24, 2.45) is 5.73 Å². The molecule has 0 radical (unpaired) electrons. The van der Waals surface area contributed by atoms with Gasteiger partial charge in [-0.05, 0) is 32.0 Å². The van der Waals surface area contributed by atoms with Gasteiger partial charge >= 0.3 is 0 Å². The van der Waals surface area contributed by atoms with E-state index in [1.807, 2.05) is 0 Å². The van der Waals surface area contributed by atoms with Crippen LogP contribution >= 0.6 is 12.4 Å². The molecule has 0 saturated carbocycles. The lowest BCUT2D eigenvalue weighted by Crippen LogP contribution is -2.10. The number of aromatic nitrogens is 3. The fourth-order valence-corrected chi connectivity index (χ4v) is 4.33. The number of fused-ring (bicyclic) bond motifs is 1. The van der Waals surface area contributed by atoms with Crippen molar-refractivity contribution in [3.63, 3.8) is 0 Å². The Morgan fingerprint density at radius 2 is 2.00 bits per heavy atom. The predicted molar refractivity (Wildman–Crippen MR) is 99.0 cm³/mol. The van der Waals surface area contributed by atoms with Gasteiger partial charge in [-0.25, -0.2) is 22.3 Å². The quantitative estimate of drug-likeness (QED) is 0.697. The number of halogens is 2. The Kier molecular flexibility index (Phi) is 5.55. The molecule has 0 aliphatic carbocycles. The van der Waals surface area contributed by atoms with Crippen molar-refractivity contribution in [2.45, 2.75) is 30.2 Å². The smallest absolute Gasteiger partial charge is 0.214 e. The summed E-state index contributed by atoms with van der Waals surface area (Å²) in [5.41, 5.74) is 8.08. The van der Waals surface area contributed by atoms with Crippen LogP contribution in [-0.4, -0.2) is 30.1 Å². The molecule has 0 amide bonds. The topological polar surface area (TPSA) is 102 Å². The summed E-state index contributed by atoms with van der Waals surface area (Å²) in [7, 11) is -2.45. The van der Waals surface area contributed by atoms with E-state index in [0.717, 1.165) is 11.6 Å². The zero-order valence-corrected chi connectivity index (χ0v) is 16.1. The minimum atomic E-state index is -4.02. The Morgan fingerprint density at radius 1 is 1.31 bits per heavy atom. The first-order valence-corrected chi connectivity index (χ1v) is 9.06. The molecule has 3 N–H and O–H groups in total. The molecular formula is C16H19ClFN5O2S. The van der Waals surface area contributed by atoms with E-state index in [1.165, 1.54) is 22.7 Å². The van der Waals surface area contributed by atoms with Gasteiger partial charge in [-0.3, -0.25) is 0 Å². The predicted octanol–water partition coefficient (Wildman–Crippen LogP) is 2.24. The average Bonchev–Trinajstić information content (AvgIpc) is 2.94. The van der Waals surface area contributed by atoms with Gasteiger partial charge < -0.3 is 11.1 Å². The molecule has 7 nitrogen and oxygen atoms in total. The monoisotopic (exact) mass is 399 g/mol.